The number of rotatable bonds is 5. The molecule has 1 aliphatic heterocycles. The highest BCUT2D eigenvalue weighted by atomic mass is 19.4. The monoisotopic (exact) mass is 507 g/mol. The second-order valence-electron chi connectivity index (χ2n) is 9.22. The minimum absolute atomic E-state index is 0.0942. The van der Waals surface area contributed by atoms with Crippen molar-refractivity contribution >= 4 is 12.0 Å². The van der Waals surface area contributed by atoms with Gasteiger partial charge >= 0.3 is 12.3 Å². The van der Waals surface area contributed by atoms with Crippen LogP contribution in [0.3, 0.4) is 0 Å². The van der Waals surface area contributed by atoms with Crippen molar-refractivity contribution in [1.29, 1.82) is 0 Å². The van der Waals surface area contributed by atoms with Crippen molar-refractivity contribution in [1.82, 2.24) is 19.7 Å². The molecule has 2 atom stereocenters. The summed E-state index contributed by atoms with van der Waals surface area (Å²) in [5, 5.41) is 6.65. The third-order valence-corrected chi connectivity index (χ3v) is 5.68. The second kappa shape index (κ2) is 9.38. The van der Waals surface area contributed by atoms with Gasteiger partial charge in [-0.05, 0) is 17.0 Å². The number of halogens is 6. The molecule has 192 valence electrons. The summed E-state index contributed by atoms with van der Waals surface area (Å²) in [5.74, 6) is -6.94. The molecule has 1 unspecified atom stereocenters. The Balaban J connectivity index is 1.90. The fourth-order valence-electron chi connectivity index (χ4n) is 4.26. The largest absolute Gasteiger partial charge is 0.451 e. The molecular formula is C21H23F6N5O3. The molecule has 0 saturated heterocycles. The predicted molar refractivity (Wildman–Crippen MR) is 108 cm³/mol. The summed E-state index contributed by atoms with van der Waals surface area (Å²) in [6.45, 7) is 4.18. The van der Waals surface area contributed by atoms with Gasteiger partial charge in [0.2, 0.25) is 11.7 Å². The van der Waals surface area contributed by atoms with Crippen LogP contribution in [0.2, 0.25) is 0 Å². The number of alkyl halides is 3. The number of primary amides is 1. The van der Waals surface area contributed by atoms with Gasteiger partial charge in [0.1, 0.15) is 11.9 Å². The third kappa shape index (κ3) is 5.68. The van der Waals surface area contributed by atoms with Crippen LogP contribution in [0.4, 0.5) is 31.1 Å². The SMILES string of the molecule is CC(C)(C)[C@H](c1cc(F)c(F)cc1F)C(CC(=O)N1CCn2c(nnc2C(F)(F)F)C1)OC(N)=O. The lowest BCUT2D eigenvalue weighted by Crippen LogP contribution is -2.43. The van der Waals surface area contributed by atoms with Gasteiger partial charge in [0.05, 0.1) is 13.0 Å². The molecule has 2 amide bonds. The number of nitrogens with two attached hydrogens (primary N) is 1. The maximum absolute atomic E-state index is 14.7. The fourth-order valence-corrected chi connectivity index (χ4v) is 4.26. The molecule has 14 heteroatoms. The van der Waals surface area contributed by atoms with Crippen LogP contribution in [0.5, 0.6) is 0 Å². The first-order chi connectivity index (χ1) is 16.1. The number of hydrogen-bond donors (Lipinski definition) is 1. The van der Waals surface area contributed by atoms with Gasteiger partial charge in [0, 0.05) is 25.1 Å². The Bertz CT molecular complexity index is 1130. The number of ether oxygens (including phenoxy) is 1. The number of hydrogen-bond acceptors (Lipinski definition) is 5. The highest BCUT2D eigenvalue weighted by Gasteiger charge is 2.42. The molecule has 0 spiro atoms. The molecule has 35 heavy (non-hydrogen) atoms. The zero-order valence-electron chi connectivity index (χ0n) is 19.0. The number of fused-ring (bicyclic) bond motifs is 1. The van der Waals surface area contributed by atoms with Crippen molar-refractivity contribution in [2.75, 3.05) is 6.54 Å². The molecule has 2 N–H and O–H groups in total. The van der Waals surface area contributed by atoms with E-state index in [1.54, 1.807) is 20.8 Å². The van der Waals surface area contributed by atoms with Gasteiger partial charge in [-0.15, -0.1) is 10.2 Å². The Morgan fingerprint density at radius 1 is 1.06 bits per heavy atom. The van der Waals surface area contributed by atoms with Crippen molar-refractivity contribution in [2.24, 2.45) is 11.1 Å². The van der Waals surface area contributed by atoms with Gasteiger partial charge in [0.15, 0.2) is 17.5 Å². The number of nitrogens with zero attached hydrogens (tertiary/aromatic N) is 4. The summed E-state index contributed by atoms with van der Waals surface area (Å²) in [5.41, 5.74) is 3.90. The number of amides is 2. The molecule has 2 aromatic rings. The van der Waals surface area contributed by atoms with Crippen LogP contribution in [-0.4, -0.2) is 44.3 Å². The standard InChI is InChI=1S/C21H23F6N5O3/c1-20(2,3)17(10-6-12(23)13(24)7-11(10)22)14(35-19(28)34)8-16(33)31-4-5-32-15(9-31)29-30-18(32)21(25,26)27/h6-7,14,17H,4-5,8-9H2,1-3H3,(H2,28,34)/t14?,17-/m1/s1. The highest BCUT2D eigenvalue weighted by molar-refractivity contribution is 5.77. The topological polar surface area (TPSA) is 103 Å². The van der Waals surface area contributed by atoms with Gasteiger partial charge in [0.25, 0.3) is 0 Å². The Labute approximate surface area is 196 Å². The number of carbonyl (C=O) groups excluding carboxylic acids is 2. The first-order valence-corrected chi connectivity index (χ1v) is 10.5. The molecular weight excluding hydrogens is 484 g/mol. The molecule has 2 heterocycles. The molecule has 1 aromatic heterocycles. The fraction of sp³-hybridized carbons (Fsp3) is 0.524. The second-order valence-corrected chi connectivity index (χ2v) is 9.22. The van der Waals surface area contributed by atoms with E-state index in [0.29, 0.717) is 12.1 Å². The maximum Gasteiger partial charge on any atom is 0.451 e. The van der Waals surface area contributed by atoms with Gasteiger partial charge < -0.3 is 19.9 Å². The van der Waals surface area contributed by atoms with Gasteiger partial charge in [-0.1, -0.05) is 20.8 Å². The van der Waals surface area contributed by atoms with E-state index in [1.807, 2.05) is 0 Å². The normalized spacial score (nSPS) is 16.0. The Hall–Kier alpha value is -3.32. The number of benzene rings is 1. The lowest BCUT2D eigenvalue weighted by atomic mass is 9.72. The van der Waals surface area contributed by atoms with E-state index >= 15 is 0 Å². The Morgan fingerprint density at radius 2 is 1.69 bits per heavy atom. The van der Waals surface area contributed by atoms with E-state index < -0.39 is 65.3 Å². The quantitative estimate of drug-likeness (QED) is 0.491. The van der Waals surface area contributed by atoms with Crippen molar-refractivity contribution in [3.8, 4) is 0 Å². The Morgan fingerprint density at radius 3 is 2.26 bits per heavy atom. The molecule has 1 aromatic carbocycles. The minimum Gasteiger partial charge on any atom is -0.445 e. The van der Waals surface area contributed by atoms with Crippen molar-refractivity contribution in [2.45, 2.75) is 58.5 Å². The van der Waals surface area contributed by atoms with Gasteiger partial charge in [-0.25, -0.2) is 18.0 Å². The number of aromatic nitrogens is 3. The maximum atomic E-state index is 14.7. The highest BCUT2D eigenvalue weighted by Crippen LogP contribution is 2.42. The van der Waals surface area contributed by atoms with Crippen LogP contribution in [0.1, 0.15) is 50.3 Å². The first-order valence-electron chi connectivity index (χ1n) is 10.5. The third-order valence-electron chi connectivity index (χ3n) is 5.68. The van der Waals surface area contributed by atoms with Gasteiger partial charge in [-0.2, -0.15) is 13.2 Å². The van der Waals surface area contributed by atoms with Crippen molar-refractivity contribution in [3.05, 3.63) is 46.8 Å². The summed E-state index contributed by atoms with van der Waals surface area (Å²) < 4.78 is 87.3. The van der Waals surface area contributed by atoms with E-state index in [2.05, 4.69) is 10.2 Å². The van der Waals surface area contributed by atoms with E-state index in [9.17, 15) is 35.9 Å². The average molecular weight is 507 g/mol. The van der Waals surface area contributed by atoms with E-state index in [1.165, 1.54) is 4.90 Å². The van der Waals surface area contributed by atoms with E-state index in [-0.39, 0.29) is 31.0 Å². The summed E-state index contributed by atoms with van der Waals surface area (Å²) in [7, 11) is 0. The summed E-state index contributed by atoms with van der Waals surface area (Å²) >= 11 is 0. The van der Waals surface area contributed by atoms with E-state index in [4.69, 9.17) is 10.5 Å². The lowest BCUT2D eigenvalue weighted by Gasteiger charge is -2.38. The van der Waals surface area contributed by atoms with Crippen LogP contribution in [0.25, 0.3) is 0 Å². The molecule has 1 aliphatic rings. The molecule has 0 saturated carbocycles. The van der Waals surface area contributed by atoms with Crippen LogP contribution >= 0.6 is 0 Å². The Kier molecular flexibility index (Phi) is 7.04. The summed E-state index contributed by atoms with van der Waals surface area (Å²) in [4.78, 5) is 25.9. The lowest BCUT2D eigenvalue weighted by molar-refractivity contribution is -0.148. The van der Waals surface area contributed by atoms with Gasteiger partial charge in [-0.3, -0.25) is 4.79 Å². The van der Waals surface area contributed by atoms with Crippen LogP contribution < -0.4 is 5.73 Å². The average Bonchev–Trinajstić information content (AvgIpc) is 3.14. The molecule has 0 bridgehead atoms. The number of carbonyl (C=O) groups is 2. The molecule has 8 nitrogen and oxygen atoms in total. The van der Waals surface area contributed by atoms with E-state index in [0.717, 1.165) is 4.57 Å². The van der Waals surface area contributed by atoms with Crippen LogP contribution in [-0.2, 0) is 28.8 Å². The van der Waals surface area contributed by atoms with Crippen molar-refractivity contribution < 1.29 is 40.7 Å². The zero-order valence-corrected chi connectivity index (χ0v) is 19.0. The summed E-state index contributed by atoms with van der Waals surface area (Å²) in [6, 6.07) is 0.979. The predicted octanol–water partition coefficient (Wildman–Crippen LogP) is 3.74. The minimum atomic E-state index is -4.72. The molecule has 3 rings (SSSR count). The molecule has 0 aliphatic carbocycles. The van der Waals surface area contributed by atoms with Crippen LogP contribution in [0, 0.1) is 22.9 Å². The first kappa shape index (κ1) is 26.3. The van der Waals surface area contributed by atoms with Crippen molar-refractivity contribution in [3.63, 3.8) is 0 Å². The van der Waals surface area contributed by atoms with Crippen LogP contribution in [0.15, 0.2) is 12.1 Å². The summed E-state index contributed by atoms with van der Waals surface area (Å²) in [6.07, 6.45) is -7.95. The smallest absolute Gasteiger partial charge is 0.445 e. The zero-order chi connectivity index (χ0) is 26.3. The molecule has 0 radical (unpaired) electrons. The molecule has 0 fully saturated rings.